The van der Waals surface area contributed by atoms with Crippen LogP contribution in [-0.2, 0) is 4.79 Å². The Bertz CT molecular complexity index is 570. The molecule has 0 fully saturated rings. The van der Waals surface area contributed by atoms with Crippen LogP contribution in [0.4, 0.5) is 0 Å². The first-order valence-electron chi connectivity index (χ1n) is 6.12. The van der Waals surface area contributed by atoms with Gasteiger partial charge in [0.2, 0.25) is 5.91 Å². The molecule has 1 N–H and O–H groups in total. The monoisotopic (exact) mass is 256 g/mol. The molecule has 98 valence electrons. The van der Waals surface area contributed by atoms with Gasteiger partial charge in [0, 0.05) is 24.5 Å². The molecule has 0 aliphatic rings. The first kappa shape index (κ1) is 13.0. The standard InChI is InChI=1S/C14H16N4O/c1-3-14(19)17-16-11(2)12-4-6-13(7-5-12)18-9-8-15-10-18/h4-10H,3H2,1-2H3,(H,17,19). The summed E-state index contributed by atoms with van der Waals surface area (Å²) >= 11 is 0. The van der Waals surface area contributed by atoms with Crippen molar-refractivity contribution in [1.29, 1.82) is 0 Å². The van der Waals surface area contributed by atoms with E-state index in [4.69, 9.17) is 0 Å². The molecule has 0 atom stereocenters. The molecule has 0 spiro atoms. The minimum atomic E-state index is -0.0885. The Kier molecular flexibility index (Phi) is 4.07. The fraction of sp³-hybridized carbons (Fsp3) is 0.214. The largest absolute Gasteiger partial charge is 0.306 e. The van der Waals surface area contributed by atoms with Gasteiger partial charge in [0.1, 0.15) is 0 Å². The molecule has 0 aliphatic heterocycles. The lowest BCUT2D eigenvalue weighted by atomic mass is 10.1. The van der Waals surface area contributed by atoms with E-state index in [2.05, 4.69) is 15.5 Å². The maximum atomic E-state index is 11.1. The molecule has 5 nitrogen and oxygen atoms in total. The smallest absolute Gasteiger partial charge is 0.239 e. The predicted octanol–water partition coefficient (Wildman–Crippen LogP) is 2.12. The number of hydrogen-bond donors (Lipinski definition) is 1. The second kappa shape index (κ2) is 5.95. The van der Waals surface area contributed by atoms with Crippen LogP contribution >= 0.6 is 0 Å². The van der Waals surface area contributed by atoms with E-state index < -0.39 is 0 Å². The van der Waals surface area contributed by atoms with Crippen LogP contribution in [0.5, 0.6) is 0 Å². The van der Waals surface area contributed by atoms with Gasteiger partial charge in [-0.05, 0) is 24.6 Å². The molecule has 1 heterocycles. The van der Waals surface area contributed by atoms with Gasteiger partial charge >= 0.3 is 0 Å². The van der Waals surface area contributed by atoms with Gasteiger partial charge in [-0.2, -0.15) is 5.10 Å². The van der Waals surface area contributed by atoms with Gasteiger partial charge in [-0.1, -0.05) is 19.1 Å². The van der Waals surface area contributed by atoms with Crippen molar-refractivity contribution in [2.45, 2.75) is 20.3 Å². The minimum Gasteiger partial charge on any atom is -0.306 e. The van der Waals surface area contributed by atoms with Crippen molar-refractivity contribution in [3.8, 4) is 5.69 Å². The first-order valence-corrected chi connectivity index (χ1v) is 6.12. The molecule has 0 saturated carbocycles. The van der Waals surface area contributed by atoms with Crippen molar-refractivity contribution in [2.24, 2.45) is 5.10 Å². The number of benzene rings is 1. The number of aromatic nitrogens is 2. The maximum Gasteiger partial charge on any atom is 0.239 e. The zero-order chi connectivity index (χ0) is 13.7. The lowest BCUT2D eigenvalue weighted by molar-refractivity contribution is -0.120. The zero-order valence-electron chi connectivity index (χ0n) is 11.0. The third-order valence-corrected chi connectivity index (χ3v) is 2.76. The third-order valence-electron chi connectivity index (χ3n) is 2.76. The number of imidazole rings is 1. The second-order valence-corrected chi connectivity index (χ2v) is 4.10. The maximum absolute atomic E-state index is 11.1. The summed E-state index contributed by atoms with van der Waals surface area (Å²) in [6, 6.07) is 7.90. The van der Waals surface area contributed by atoms with Crippen molar-refractivity contribution in [1.82, 2.24) is 15.0 Å². The Labute approximate surface area is 112 Å². The molecule has 1 amide bonds. The Balaban J connectivity index is 2.12. The lowest BCUT2D eigenvalue weighted by Gasteiger charge is -2.05. The highest BCUT2D eigenvalue weighted by Crippen LogP contribution is 2.09. The number of hydrogen-bond acceptors (Lipinski definition) is 3. The highest BCUT2D eigenvalue weighted by molar-refractivity contribution is 5.99. The van der Waals surface area contributed by atoms with E-state index in [1.165, 1.54) is 0 Å². The van der Waals surface area contributed by atoms with Crippen LogP contribution in [0.25, 0.3) is 5.69 Å². The number of hydrazone groups is 1. The molecule has 2 rings (SSSR count). The molecule has 0 saturated heterocycles. The van der Waals surface area contributed by atoms with Crippen molar-refractivity contribution >= 4 is 11.6 Å². The van der Waals surface area contributed by atoms with Crippen molar-refractivity contribution in [3.63, 3.8) is 0 Å². The summed E-state index contributed by atoms with van der Waals surface area (Å²) in [6.45, 7) is 3.66. The number of nitrogens with one attached hydrogen (secondary N) is 1. The van der Waals surface area contributed by atoms with E-state index in [1.54, 1.807) is 19.4 Å². The molecular weight excluding hydrogens is 240 g/mol. The lowest BCUT2D eigenvalue weighted by Crippen LogP contribution is -2.17. The predicted molar refractivity (Wildman–Crippen MR) is 74.2 cm³/mol. The SMILES string of the molecule is CCC(=O)NN=C(C)c1ccc(-n2ccnc2)cc1. The summed E-state index contributed by atoms with van der Waals surface area (Å²) in [5, 5.41) is 4.06. The van der Waals surface area contributed by atoms with Crippen molar-refractivity contribution in [3.05, 3.63) is 48.5 Å². The topological polar surface area (TPSA) is 59.3 Å². The first-order chi connectivity index (χ1) is 9.20. The highest BCUT2D eigenvalue weighted by atomic mass is 16.2. The summed E-state index contributed by atoms with van der Waals surface area (Å²) in [4.78, 5) is 15.1. The molecular formula is C14H16N4O. The van der Waals surface area contributed by atoms with Crippen molar-refractivity contribution < 1.29 is 4.79 Å². The van der Waals surface area contributed by atoms with E-state index in [-0.39, 0.29) is 5.91 Å². The summed E-state index contributed by atoms with van der Waals surface area (Å²) in [7, 11) is 0. The van der Waals surface area contributed by atoms with Gasteiger partial charge in [-0.25, -0.2) is 10.4 Å². The number of carbonyl (C=O) groups is 1. The molecule has 0 aliphatic carbocycles. The molecule has 0 bridgehead atoms. The molecule has 0 radical (unpaired) electrons. The Morgan fingerprint density at radius 3 is 2.68 bits per heavy atom. The van der Waals surface area contributed by atoms with Gasteiger partial charge < -0.3 is 4.57 Å². The van der Waals surface area contributed by atoms with Crippen LogP contribution in [0.1, 0.15) is 25.8 Å². The molecule has 1 aromatic heterocycles. The number of nitrogens with zero attached hydrogens (tertiary/aromatic N) is 3. The zero-order valence-corrected chi connectivity index (χ0v) is 11.0. The van der Waals surface area contributed by atoms with Gasteiger partial charge in [-0.3, -0.25) is 4.79 Å². The highest BCUT2D eigenvalue weighted by Gasteiger charge is 2.00. The van der Waals surface area contributed by atoms with E-state index in [0.717, 1.165) is 17.0 Å². The van der Waals surface area contributed by atoms with E-state index >= 15 is 0 Å². The summed E-state index contributed by atoms with van der Waals surface area (Å²) < 4.78 is 1.93. The average molecular weight is 256 g/mol. The molecule has 5 heteroatoms. The van der Waals surface area contributed by atoms with E-state index in [9.17, 15) is 4.79 Å². The Hall–Kier alpha value is -2.43. The Morgan fingerprint density at radius 2 is 2.11 bits per heavy atom. The Morgan fingerprint density at radius 1 is 1.37 bits per heavy atom. The number of carbonyl (C=O) groups excluding carboxylic acids is 1. The number of rotatable bonds is 4. The van der Waals surface area contributed by atoms with E-state index in [0.29, 0.717) is 6.42 Å². The summed E-state index contributed by atoms with van der Waals surface area (Å²) in [6.07, 6.45) is 5.80. The van der Waals surface area contributed by atoms with Crippen LogP contribution in [0, 0.1) is 0 Å². The van der Waals surface area contributed by atoms with Gasteiger partial charge in [-0.15, -0.1) is 0 Å². The molecule has 19 heavy (non-hydrogen) atoms. The fourth-order valence-corrected chi connectivity index (χ4v) is 1.58. The molecule has 0 unspecified atom stereocenters. The van der Waals surface area contributed by atoms with Gasteiger partial charge in [0.25, 0.3) is 0 Å². The third kappa shape index (κ3) is 3.28. The average Bonchev–Trinajstić information content (AvgIpc) is 2.98. The van der Waals surface area contributed by atoms with Crippen LogP contribution in [0.3, 0.4) is 0 Å². The fourth-order valence-electron chi connectivity index (χ4n) is 1.58. The van der Waals surface area contributed by atoms with Crippen LogP contribution in [0.2, 0.25) is 0 Å². The summed E-state index contributed by atoms with van der Waals surface area (Å²) in [5.74, 6) is -0.0885. The normalized spacial score (nSPS) is 11.4. The number of amides is 1. The minimum absolute atomic E-state index is 0.0885. The van der Waals surface area contributed by atoms with Gasteiger partial charge in [0.15, 0.2) is 0 Å². The second-order valence-electron chi connectivity index (χ2n) is 4.10. The molecule has 1 aromatic carbocycles. The molecule has 2 aromatic rings. The summed E-state index contributed by atoms with van der Waals surface area (Å²) in [5.41, 5.74) is 5.29. The van der Waals surface area contributed by atoms with E-state index in [1.807, 2.05) is 42.0 Å². The quantitative estimate of drug-likeness (QED) is 0.673. The van der Waals surface area contributed by atoms with Crippen LogP contribution in [0.15, 0.2) is 48.1 Å². The van der Waals surface area contributed by atoms with Gasteiger partial charge in [0.05, 0.1) is 12.0 Å². The van der Waals surface area contributed by atoms with Crippen LogP contribution in [-0.4, -0.2) is 21.2 Å². The van der Waals surface area contributed by atoms with Crippen LogP contribution < -0.4 is 5.43 Å². The van der Waals surface area contributed by atoms with Crippen molar-refractivity contribution in [2.75, 3.05) is 0 Å².